The first-order valence-corrected chi connectivity index (χ1v) is 14.0. The number of rotatable bonds is 14. The van der Waals surface area contributed by atoms with E-state index in [9.17, 15) is 9.59 Å². The molecule has 0 atom stereocenters. The van der Waals surface area contributed by atoms with Gasteiger partial charge in [-0.3, -0.25) is 4.79 Å². The van der Waals surface area contributed by atoms with Crippen LogP contribution in [0.1, 0.15) is 42.7 Å². The number of amides is 3. The molecule has 0 fully saturated rings. The Morgan fingerprint density at radius 3 is 2.39 bits per heavy atom. The van der Waals surface area contributed by atoms with E-state index in [2.05, 4.69) is 19.2 Å². The van der Waals surface area contributed by atoms with Gasteiger partial charge in [0.2, 0.25) is 5.91 Å². The number of urea groups is 1. The molecule has 2 aromatic carbocycles. The van der Waals surface area contributed by atoms with Crippen LogP contribution in [0.5, 0.6) is 11.5 Å². The monoisotopic (exact) mass is 537 g/mol. The SMILES string of the molecule is CCCCN(CC(=O)N(CCc1ccc(OC)c(OC)c1)Cc1cccs1)C(=O)Nc1cccc(CC)c1. The van der Waals surface area contributed by atoms with Crippen molar-refractivity contribution >= 4 is 29.0 Å². The van der Waals surface area contributed by atoms with Crippen molar-refractivity contribution in [3.63, 3.8) is 0 Å². The summed E-state index contributed by atoms with van der Waals surface area (Å²) in [6.07, 6.45) is 3.30. The van der Waals surface area contributed by atoms with Crippen LogP contribution in [0.2, 0.25) is 0 Å². The van der Waals surface area contributed by atoms with Crippen LogP contribution in [0.15, 0.2) is 60.0 Å². The van der Waals surface area contributed by atoms with E-state index in [-0.39, 0.29) is 18.5 Å². The maximum atomic E-state index is 13.6. The van der Waals surface area contributed by atoms with Crippen LogP contribution in [0, 0.1) is 0 Å². The van der Waals surface area contributed by atoms with Crippen LogP contribution in [0.4, 0.5) is 10.5 Å². The van der Waals surface area contributed by atoms with Gasteiger partial charge in [-0.05, 0) is 66.1 Å². The smallest absolute Gasteiger partial charge is 0.322 e. The van der Waals surface area contributed by atoms with Crippen molar-refractivity contribution in [1.29, 1.82) is 0 Å². The predicted octanol–water partition coefficient (Wildman–Crippen LogP) is 6.23. The van der Waals surface area contributed by atoms with Crippen LogP contribution in [-0.2, 0) is 24.2 Å². The van der Waals surface area contributed by atoms with Gasteiger partial charge in [-0.1, -0.05) is 44.5 Å². The van der Waals surface area contributed by atoms with Crippen LogP contribution in [0.25, 0.3) is 0 Å². The zero-order chi connectivity index (χ0) is 27.3. The highest BCUT2D eigenvalue weighted by Gasteiger charge is 2.22. The van der Waals surface area contributed by atoms with E-state index in [1.54, 1.807) is 30.5 Å². The molecule has 8 heteroatoms. The Bertz CT molecular complexity index is 1170. The van der Waals surface area contributed by atoms with Crippen molar-refractivity contribution < 1.29 is 19.1 Å². The predicted molar refractivity (Wildman–Crippen MR) is 154 cm³/mol. The molecular formula is C30H39N3O4S. The van der Waals surface area contributed by atoms with Crippen LogP contribution in [-0.4, -0.2) is 55.6 Å². The third-order valence-electron chi connectivity index (χ3n) is 6.38. The number of carbonyl (C=O) groups excluding carboxylic acids is 2. The molecule has 1 N–H and O–H groups in total. The number of nitrogens with one attached hydrogen (secondary N) is 1. The Hall–Kier alpha value is -3.52. The molecule has 0 aliphatic rings. The molecule has 0 radical (unpaired) electrons. The van der Waals surface area contributed by atoms with Crippen molar-refractivity contribution in [1.82, 2.24) is 9.80 Å². The van der Waals surface area contributed by atoms with E-state index in [1.165, 1.54) is 0 Å². The van der Waals surface area contributed by atoms with Crippen LogP contribution in [0.3, 0.4) is 0 Å². The Balaban J connectivity index is 1.73. The lowest BCUT2D eigenvalue weighted by Crippen LogP contribution is -2.45. The fourth-order valence-electron chi connectivity index (χ4n) is 4.12. The molecule has 1 heterocycles. The van der Waals surface area contributed by atoms with Gasteiger partial charge >= 0.3 is 6.03 Å². The lowest BCUT2D eigenvalue weighted by Gasteiger charge is -2.28. The van der Waals surface area contributed by atoms with Crippen molar-refractivity contribution in [2.24, 2.45) is 0 Å². The summed E-state index contributed by atoms with van der Waals surface area (Å²) in [4.78, 5) is 31.4. The number of thiophene rings is 1. The lowest BCUT2D eigenvalue weighted by atomic mass is 10.1. The molecule has 38 heavy (non-hydrogen) atoms. The zero-order valence-electron chi connectivity index (χ0n) is 22.9. The van der Waals surface area contributed by atoms with Gasteiger partial charge in [0, 0.05) is 23.7 Å². The summed E-state index contributed by atoms with van der Waals surface area (Å²) >= 11 is 1.62. The average Bonchev–Trinajstić information content (AvgIpc) is 3.46. The number of methoxy groups -OCH3 is 2. The maximum absolute atomic E-state index is 13.6. The number of hydrogen-bond donors (Lipinski definition) is 1. The topological polar surface area (TPSA) is 71.1 Å². The van der Waals surface area contributed by atoms with Gasteiger partial charge in [-0.15, -0.1) is 11.3 Å². The van der Waals surface area contributed by atoms with Crippen molar-refractivity contribution in [2.75, 3.05) is 39.2 Å². The van der Waals surface area contributed by atoms with E-state index < -0.39 is 0 Å². The zero-order valence-corrected chi connectivity index (χ0v) is 23.7. The van der Waals surface area contributed by atoms with Gasteiger partial charge in [0.05, 0.1) is 20.8 Å². The Labute approximate surface area is 230 Å². The van der Waals surface area contributed by atoms with Crippen molar-refractivity contribution in [2.45, 2.75) is 46.1 Å². The lowest BCUT2D eigenvalue weighted by molar-refractivity contribution is -0.132. The first kappa shape index (κ1) is 29.0. The van der Waals surface area contributed by atoms with E-state index in [0.717, 1.165) is 41.0 Å². The second-order valence-electron chi connectivity index (χ2n) is 9.09. The van der Waals surface area contributed by atoms with Gasteiger partial charge in [0.1, 0.15) is 6.54 Å². The number of unbranched alkanes of at least 4 members (excludes halogenated alkanes) is 1. The minimum absolute atomic E-state index is 0.0244. The first-order chi connectivity index (χ1) is 18.5. The highest BCUT2D eigenvalue weighted by atomic mass is 32.1. The highest BCUT2D eigenvalue weighted by Crippen LogP contribution is 2.28. The van der Waals surface area contributed by atoms with E-state index >= 15 is 0 Å². The second kappa shape index (κ2) is 15.0. The van der Waals surface area contributed by atoms with Gasteiger partial charge < -0.3 is 24.6 Å². The van der Waals surface area contributed by atoms with Gasteiger partial charge in [0.25, 0.3) is 0 Å². The Morgan fingerprint density at radius 2 is 1.71 bits per heavy atom. The molecule has 0 aliphatic carbocycles. The molecule has 3 rings (SSSR count). The van der Waals surface area contributed by atoms with Crippen LogP contribution >= 0.6 is 11.3 Å². The number of anilines is 1. The molecule has 0 spiro atoms. The number of ether oxygens (including phenoxy) is 2. The molecular weight excluding hydrogens is 498 g/mol. The fraction of sp³-hybridized carbons (Fsp3) is 0.400. The summed E-state index contributed by atoms with van der Waals surface area (Å²) in [6.45, 7) is 5.73. The molecule has 204 valence electrons. The summed E-state index contributed by atoms with van der Waals surface area (Å²) in [6, 6.07) is 17.4. The summed E-state index contributed by atoms with van der Waals surface area (Å²) in [7, 11) is 3.22. The minimum atomic E-state index is -0.254. The van der Waals surface area contributed by atoms with Crippen molar-refractivity contribution in [3.05, 3.63) is 76.0 Å². The third-order valence-corrected chi connectivity index (χ3v) is 7.24. The van der Waals surface area contributed by atoms with Crippen LogP contribution < -0.4 is 14.8 Å². The molecule has 7 nitrogen and oxygen atoms in total. The molecule has 3 amide bonds. The average molecular weight is 538 g/mol. The van der Waals surface area contributed by atoms with Gasteiger partial charge in [-0.2, -0.15) is 0 Å². The van der Waals surface area contributed by atoms with Crippen molar-refractivity contribution in [3.8, 4) is 11.5 Å². The number of aryl methyl sites for hydroxylation is 1. The number of carbonyl (C=O) groups is 2. The largest absolute Gasteiger partial charge is 0.493 e. The highest BCUT2D eigenvalue weighted by molar-refractivity contribution is 7.09. The molecule has 0 saturated carbocycles. The Kier molecular flexibility index (Phi) is 11.5. The molecule has 0 bridgehead atoms. The molecule has 0 unspecified atom stereocenters. The maximum Gasteiger partial charge on any atom is 0.322 e. The number of nitrogens with zero attached hydrogens (tertiary/aromatic N) is 2. The normalized spacial score (nSPS) is 10.6. The van der Waals surface area contributed by atoms with Gasteiger partial charge in [-0.25, -0.2) is 4.79 Å². The fourth-order valence-corrected chi connectivity index (χ4v) is 4.84. The summed E-state index contributed by atoms with van der Waals surface area (Å²) < 4.78 is 10.8. The molecule has 3 aromatic rings. The second-order valence-corrected chi connectivity index (χ2v) is 10.1. The third kappa shape index (κ3) is 8.52. The standard InChI is InChI=1S/C30H39N3O4S/c1-5-7-16-33(30(35)31-25-11-8-10-23(6-2)19-25)22-29(34)32(21-26-12-9-18-38-26)17-15-24-13-14-27(36-3)28(20-24)37-4/h8-14,18-20H,5-7,15-17,21-22H2,1-4H3,(H,31,35). The summed E-state index contributed by atoms with van der Waals surface area (Å²) in [5.41, 5.74) is 2.94. The Morgan fingerprint density at radius 1 is 0.895 bits per heavy atom. The summed E-state index contributed by atoms with van der Waals surface area (Å²) in [5.74, 6) is 1.26. The van der Waals surface area contributed by atoms with E-state index in [1.807, 2.05) is 64.9 Å². The first-order valence-electron chi connectivity index (χ1n) is 13.1. The van der Waals surface area contributed by atoms with E-state index in [4.69, 9.17) is 9.47 Å². The molecule has 1 aromatic heterocycles. The molecule has 0 aliphatic heterocycles. The number of benzene rings is 2. The number of hydrogen-bond acceptors (Lipinski definition) is 5. The molecule has 0 saturated heterocycles. The quantitative estimate of drug-likeness (QED) is 0.265. The summed E-state index contributed by atoms with van der Waals surface area (Å²) in [5, 5.41) is 5.00. The van der Waals surface area contributed by atoms with Gasteiger partial charge in [0.15, 0.2) is 11.5 Å². The van der Waals surface area contributed by atoms with E-state index in [0.29, 0.717) is 37.6 Å². The minimum Gasteiger partial charge on any atom is -0.493 e.